The van der Waals surface area contributed by atoms with Gasteiger partial charge in [0.15, 0.2) is 0 Å². The Bertz CT molecular complexity index is 628. The lowest BCUT2D eigenvalue weighted by atomic mass is 9.92. The number of nitriles is 1. The van der Waals surface area contributed by atoms with Crippen LogP contribution in [0.2, 0.25) is 5.02 Å². The Morgan fingerprint density at radius 2 is 1.90 bits per heavy atom. The van der Waals surface area contributed by atoms with E-state index in [1.54, 1.807) is 7.11 Å². The highest BCUT2D eigenvalue weighted by Crippen LogP contribution is 2.27. The Morgan fingerprint density at radius 1 is 1.20 bits per heavy atom. The van der Waals surface area contributed by atoms with Crippen LogP contribution in [0.25, 0.3) is 0 Å². The first-order valence-electron chi connectivity index (χ1n) is 6.42. The van der Waals surface area contributed by atoms with E-state index in [4.69, 9.17) is 16.3 Å². The van der Waals surface area contributed by atoms with Crippen molar-refractivity contribution in [2.24, 2.45) is 0 Å². The van der Waals surface area contributed by atoms with E-state index in [1.165, 1.54) is 0 Å². The topological polar surface area (TPSA) is 33.0 Å². The molecule has 0 saturated heterocycles. The molecule has 2 aromatic carbocycles. The van der Waals surface area contributed by atoms with E-state index >= 15 is 0 Å². The molecule has 0 radical (unpaired) electrons. The number of aryl methyl sites for hydroxylation is 1. The highest BCUT2D eigenvalue weighted by atomic mass is 35.5. The van der Waals surface area contributed by atoms with Crippen molar-refractivity contribution in [2.45, 2.75) is 19.3 Å². The van der Waals surface area contributed by atoms with Crippen molar-refractivity contribution >= 4 is 11.6 Å². The summed E-state index contributed by atoms with van der Waals surface area (Å²) in [6, 6.07) is 15.8. The summed E-state index contributed by atoms with van der Waals surface area (Å²) in [7, 11) is 1.65. The molecule has 2 rings (SSSR count). The first-order chi connectivity index (χ1) is 9.63. The van der Waals surface area contributed by atoms with Gasteiger partial charge in [-0.3, -0.25) is 0 Å². The smallest absolute Gasteiger partial charge is 0.122 e. The van der Waals surface area contributed by atoms with Gasteiger partial charge in [-0.1, -0.05) is 41.4 Å². The van der Waals surface area contributed by atoms with Gasteiger partial charge < -0.3 is 4.74 Å². The van der Waals surface area contributed by atoms with Gasteiger partial charge in [-0.2, -0.15) is 5.26 Å². The number of benzene rings is 2. The summed E-state index contributed by atoms with van der Waals surface area (Å²) in [5.41, 5.74) is 3.18. The van der Waals surface area contributed by atoms with E-state index in [0.29, 0.717) is 11.4 Å². The molecule has 0 amide bonds. The minimum atomic E-state index is -0.206. The molecular weight excluding hydrogens is 270 g/mol. The molecule has 102 valence electrons. The predicted octanol–water partition coefficient (Wildman–Crippen LogP) is 4.51. The largest absolute Gasteiger partial charge is 0.496 e. The zero-order chi connectivity index (χ0) is 14.5. The highest BCUT2D eigenvalue weighted by molar-refractivity contribution is 6.30. The average Bonchev–Trinajstić information content (AvgIpc) is 2.46. The Kier molecular flexibility index (Phi) is 4.65. The molecule has 0 aliphatic carbocycles. The van der Waals surface area contributed by atoms with Gasteiger partial charge in [-0.15, -0.1) is 0 Å². The van der Waals surface area contributed by atoms with Crippen molar-refractivity contribution in [3.63, 3.8) is 0 Å². The number of ether oxygens (including phenoxy) is 1. The van der Waals surface area contributed by atoms with Crippen LogP contribution >= 0.6 is 11.6 Å². The van der Waals surface area contributed by atoms with E-state index in [2.05, 4.69) is 12.1 Å². The third kappa shape index (κ3) is 3.31. The van der Waals surface area contributed by atoms with Crippen LogP contribution in [-0.4, -0.2) is 7.11 Å². The summed E-state index contributed by atoms with van der Waals surface area (Å²) in [6.45, 7) is 2.03. The fourth-order valence-electron chi connectivity index (χ4n) is 2.22. The van der Waals surface area contributed by atoms with Gasteiger partial charge >= 0.3 is 0 Å². The zero-order valence-corrected chi connectivity index (χ0v) is 12.3. The number of halogens is 1. The van der Waals surface area contributed by atoms with Gasteiger partial charge in [0.05, 0.1) is 19.1 Å². The zero-order valence-electron chi connectivity index (χ0n) is 11.6. The van der Waals surface area contributed by atoms with E-state index in [-0.39, 0.29) is 5.92 Å². The summed E-state index contributed by atoms with van der Waals surface area (Å²) in [5, 5.41) is 10.1. The molecule has 0 aliphatic rings. The lowest BCUT2D eigenvalue weighted by Gasteiger charge is -2.13. The number of hydrogen-bond acceptors (Lipinski definition) is 2. The Morgan fingerprint density at radius 3 is 2.50 bits per heavy atom. The fourth-order valence-corrected chi connectivity index (χ4v) is 2.35. The quantitative estimate of drug-likeness (QED) is 0.828. The number of nitrogens with zero attached hydrogens (tertiary/aromatic N) is 1. The number of methoxy groups -OCH3 is 1. The molecule has 0 aliphatic heterocycles. The minimum Gasteiger partial charge on any atom is -0.496 e. The molecule has 0 fully saturated rings. The van der Waals surface area contributed by atoms with Crippen molar-refractivity contribution in [1.82, 2.24) is 0 Å². The van der Waals surface area contributed by atoms with Crippen LogP contribution < -0.4 is 4.74 Å². The van der Waals surface area contributed by atoms with Crippen LogP contribution in [0.5, 0.6) is 5.75 Å². The van der Waals surface area contributed by atoms with Gasteiger partial charge in [0.2, 0.25) is 0 Å². The molecule has 0 aromatic heterocycles. The maximum atomic E-state index is 9.42. The second-order valence-corrected chi connectivity index (χ2v) is 5.19. The highest BCUT2D eigenvalue weighted by Gasteiger charge is 2.14. The predicted molar refractivity (Wildman–Crippen MR) is 81.2 cm³/mol. The second kappa shape index (κ2) is 6.45. The van der Waals surface area contributed by atoms with Crippen molar-refractivity contribution in [3.05, 3.63) is 64.2 Å². The molecule has 1 unspecified atom stereocenters. The monoisotopic (exact) mass is 285 g/mol. The van der Waals surface area contributed by atoms with Crippen LogP contribution in [0.1, 0.15) is 22.6 Å². The van der Waals surface area contributed by atoms with Gasteiger partial charge in [-0.05, 0) is 42.7 Å². The molecule has 0 bridgehead atoms. The lowest BCUT2D eigenvalue weighted by Crippen LogP contribution is -2.02. The summed E-state index contributed by atoms with van der Waals surface area (Å²) in [4.78, 5) is 0. The van der Waals surface area contributed by atoms with Crippen LogP contribution in [0.3, 0.4) is 0 Å². The molecule has 3 heteroatoms. The molecule has 2 aromatic rings. The van der Waals surface area contributed by atoms with Crippen molar-refractivity contribution < 1.29 is 4.74 Å². The SMILES string of the molecule is COc1ccc(C)cc1CC(C#N)c1ccc(Cl)cc1. The molecule has 20 heavy (non-hydrogen) atoms. The Balaban J connectivity index is 2.29. The van der Waals surface area contributed by atoms with Gasteiger partial charge in [-0.25, -0.2) is 0 Å². The molecule has 0 saturated carbocycles. The van der Waals surface area contributed by atoms with Crippen LogP contribution in [0.15, 0.2) is 42.5 Å². The van der Waals surface area contributed by atoms with E-state index in [9.17, 15) is 5.26 Å². The van der Waals surface area contributed by atoms with Crippen LogP contribution in [0.4, 0.5) is 0 Å². The van der Waals surface area contributed by atoms with Crippen molar-refractivity contribution in [1.29, 1.82) is 5.26 Å². The maximum absolute atomic E-state index is 9.42. The van der Waals surface area contributed by atoms with Gasteiger partial charge in [0.25, 0.3) is 0 Å². The molecule has 0 heterocycles. The summed E-state index contributed by atoms with van der Waals surface area (Å²) in [6.07, 6.45) is 0.628. The standard InChI is InChI=1S/C17H16ClNO/c1-12-3-8-17(20-2)14(9-12)10-15(11-19)13-4-6-16(18)7-5-13/h3-9,15H,10H2,1-2H3. The van der Waals surface area contributed by atoms with E-state index < -0.39 is 0 Å². The molecule has 0 spiro atoms. The third-order valence-electron chi connectivity index (χ3n) is 3.29. The van der Waals surface area contributed by atoms with E-state index in [0.717, 1.165) is 22.4 Å². The number of rotatable bonds is 4. The summed E-state index contributed by atoms with van der Waals surface area (Å²) >= 11 is 5.89. The lowest BCUT2D eigenvalue weighted by molar-refractivity contribution is 0.409. The average molecular weight is 286 g/mol. The van der Waals surface area contributed by atoms with Crippen LogP contribution in [-0.2, 0) is 6.42 Å². The normalized spacial score (nSPS) is 11.7. The fraction of sp³-hybridized carbons (Fsp3) is 0.235. The molecule has 2 nitrogen and oxygen atoms in total. The van der Waals surface area contributed by atoms with Crippen LogP contribution in [0, 0.1) is 18.3 Å². The summed E-state index contributed by atoms with van der Waals surface area (Å²) < 4.78 is 5.37. The van der Waals surface area contributed by atoms with E-state index in [1.807, 2.05) is 43.3 Å². The maximum Gasteiger partial charge on any atom is 0.122 e. The summed E-state index contributed by atoms with van der Waals surface area (Å²) in [5.74, 6) is 0.618. The molecular formula is C17H16ClNO. The van der Waals surface area contributed by atoms with Crippen molar-refractivity contribution in [2.75, 3.05) is 7.11 Å². The first kappa shape index (κ1) is 14.4. The Hall–Kier alpha value is -1.98. The Labute approximate surface area is 124 Å². The minimum absolute atomic E-state index is 0.206. The number of hydrogen-bond donors (Lipinski definition) is 0. The van der Waals surface area contributed by atoms with Gasteiger partial charge in [0, 0.05) is 5.02 Å². The molecule has 1 atom stereocenters. The first-order valence-corrected chi connectivity index (χ1v) is 6.80. The third-order valence-corrected chi connectivity index (χ3v) is 3.54. The van der Waals surface area contributed by atoms with Gasteiger partial charge in [0.1, 0.15) is 5.75 Å². The molecule has 0 N–H and O–H groups in total. The second-order valence-electron chi connectivity index (χ2n) is 4.75. The van der Waals surface area contributed by atoms with Crippen molar-refractivity contribution in [3.8, 4) is 11.8 Å².